The predicted molar refractivity (Wildman–Crippen MR) is 115 cm³/mol. The molecule has 0 bridgehead atoms. The number of carbonyl (C=O) groups is 1. The van der Waals surface area contributed by atoms with Crippen LogP contribution in [0.2, 0.25) is 5.02 Å². The van der Waals surface area contributed by atoms with E-state index in [1.54, 1.807) is 0 Å². The summed E-state index contributed by atoms with van der Waals surface area (Å²) in [5.41, 5.74) is 3.89. The second-order valence-corrected chi connectivity index (χ2v) is 8.42. The van der Waals surface area contributed by atoms with E-state index in [4.69, 9.17) is 21.1 Å². The third-order valence-electron chi connectivity index (χ3n) is 5.71. The molecule has 0 radical (unpaired) electrons. The highest BCUT2D eigenvalue weighted by Crippen LogP contribution is 2.34. The quantitative estimate of drug-likeness (QED) is 0.717. The molecule has 1 heterocycles. The van der Waals surface area contributed by atoms with Crippen LogP contribution < -0.4 is 14.8 Å². The van der Waals surface area contributed by atoms with Crippen LogP contribution in [0.5, 0.6) is 11.5 Å². The molecule has 6 heteroatoms. The first-order valence-electron chi connectivity index (χ1n) is 10.2. The monoisotopic (exact) mass is 414 g/mol. The van der Waals surface area contributed by atoms with Crippen molar-refractivity contribution in [2.45, 2.75) is 52.1 Å². The van der Waals surface area contributed by atoms with Gasteiger partial charge in [0.2, 0.25) is 12.7 Å². The summed E-state index contributed by atoms with van der Waals surface area (Å²) >= 11 is 6.37. The van der Waals surface area contributed by atoms with Crippen molar-refractivity contribution >= 4 is 23.2 Å². The van der Waals surface area contributed by atoms with Crippen LogP contribution in [0.4, 0.5) is 5.69 Å². The van der Waals surface area contributed by atoms with E-state index < -0.39 is 0 Å². The fourth-order valence-corrected chi connectivity index (χ4v) is 4.66. The van der Waals surface area contributed by atoms with Crippen LogP contribution >= 0.6 is 11.6 Å². The number of fused-ring (bicyclic) bond motifs is 1. The maximum absolute atomic E-state index is 12.9. The largest absolute Gasteiger partial charge is 0.454 e. The van der Waals surface area contributed by atoms with Crippen LogP contribution in [0.25, 0.3) is 0 Å². The average molecular weight is 415 g/mol. The van der Waals surface area contributed by atoms with Crippen LogP contribution in [0.15, 0.2) is 30.3 Å². The number of hydrogen-bond donors (Lipinski definition) is 1. The van der Waals surface area contributed by atoms with Gasteiger partial charge in [-0.15, -0.1) is 0 Å². The van der Waals surface area contributed by atoms with Crippen LogP contribution in [0.3, 0.4) is 0 Å². The molecule has 0 atom stereocenters. The number of hydrogen-bond acceptors (Lipinski definition) is 4. The average Bonchev–Trinajstić information content (AvgIpc) is 3.35. The Morgan fingerprint density at radius 2 is 1.90 bits per heavy atom. The molecular weight excluding hydrogens is 388 g/mol. The molecule has 0 unspecified atom stereocenters. The second-order valence-electron chi connectivity index (χ2n) is 8.02. The fourth-order valence-electron chi connectivity index (χ4n) is 4.29. The van der Waals surface area contributed by atoms with Gasteiger partial charge in [-0.2, -0.15) is 0 Å². The summed E-state index contributed by atoms with van der Waals surface area (Å²) in [5.74, 6) is 1.52. The van der Waals surface area contributed by atoms with Gasteiger partial charge in [-0.1, -0.05) is 36.6 Å². The van der Waals surface area contributed by atoms with Crippen molar-refractivity contribution in [3.05, 3.63) is 52.0 Å². The van der Waals surface area contributed by atoms with Crippen molar-refractivity contribution in [3.63, 3.8) is 0 Å². The molecule has 2 aromatic rings. The zero-order valence-electron chi connectivity index (χ0n) is 17.0. The second kappa shape index (κ2) is 8.64. The minimum Gasteiger partial charge on any atom is -0.454 e. The van der Waals surface area contributed by atoms with Gasteiger partial charge in [0, 0.05) is 12.6 Å². The molecule has 1 saturated carbocycles. The number of carbonyl (C=O) groups excluding carboxylic acids is 1. The van der Waals surface area contributed by atoms with Crippen LogP contribution in [-0.2, 0) is 11.3 Å². The lowest BCUT2D eigenvalue weighted by atomic mass is 10.1. The zero-order chi connectivity index (χ0) is 20.4. The van der Waals surface area contributed by atoms with E-state index in [0.717, 1.165) is 41.0 Å². The molecule has 1 aliphatic heterocycles. The highest BCUT2D eigenvalue weighted by atomic mass is 35.5. The third kappa shape index (κ3) is 4.68. The summed E-state index contributed by atoms with van der Waals surface area (Å²) in [7, 11) is 0. The fraction of sp³-hybridized carbons (Fsp3) is 0.435. The molecule has 0 spiro atoms. The van der Waals surface area contributed by atoms with E-state index in [2.05, 4.69) is 10.2 Å². The summed E-state index contributed by atoms with van der Waals surface area (Å²) in [6.07, 6.45) is 4.68. The molecule has 1 N–H and O–H groups in total. The molecule has 1 amide bonds. The molecule has 1 fully saturated rings. The van der Waals surface area contributed by atoms with Crippen molar-refractivity contribution in [1.29, 1.82) is 0 Å². The molecule has 5 nitrogen and oxygen atoms in total. The van der Waals surface area contributed by atoms with Gasteiger partial charge in [0.15, 0.2) is 11.5 Å². The Labute approximate surface area is 176 Å². The van der Waals surface area contributed by atoms with E-state index in [1.807, 2.05) is 44.2 Å². The van der Waals surface area contributed by atoms with E-state index in [0.29, 0.717) is 29.8 Å². The minimum absolute atomic E-state index is 0.0357. The molecule has 154 valence electrons. The standard InChI is InChI=1S/C23H27ClN2O3/c1-15-9-16(2)23(19(24)10-15)25-22(27)13-26(18-5-3-4-6-18)12-17-7-8-20-21(11-17)29-14-28-20/h7-11,18H,3-6,12-14H2,1-2H3,(H,25,27). The Kier molecular flexibility index (Phi) is 5.97. The summed E-state index contributed by atoms with van der Waals surface area (Å²) < 4.78 is 10.9. The third-order valence-corrected chi connectivity index (χ3v) is 6.00. The normalized spacial score (nSPS) is 15.9. The molecule has 1 aliphatic carbocycles. The lowest BCUT2D eigenvalue weighted by molar-refractivity contribution is -0.118. The molecule has 2 aromatic carbocycles. The zero-order valence-corrected chi connectivity index (χ0v) is 17.7. The number of nitrogens with one attached hydrogen (secondary N) is 1. The minimum atomic E-state index is -0.0357. The van der Waals surface area contributed by atoms with Gasteiger partial charge in [-0.05, 0) is 61.6 Å². The van der Waals surface area contributed by atoms with Gasteiger partial charge >= 0.3 is 0 Å². The smallest absolute Gasteiger partial charge is 0.238 e. The number of aryl methyl sites for hydroxylation is 2. The van der Waals surface area contributed by atoms with Crippen LogP contribution in [0.1, 0.15) is 42.4 Å². The maximum Gasteiger partial charge on any atom is 0.238 e. The SMILES string of the molecule is Cc1cc(C)c(NC(=O)CN(Cc2ccc3c(c2)OCO3)C2CCCC2)c(Cl)c1. The van der Waals surface area contributed by atoms with E-state index in [1.165, 1.54) is 12.8 Å². The summed E-state index contributed by atoms with van der Waals surface area (Å²) in [6, 6.07) is 10.3. The highest BCUT2D eigenvalue weighted by molar-refractivity contribution is 6.34. The van der Waals surface area contributed by atoms with Gasteiger partial charge in [-0.25, -0.2) is 0 Å². The Morgan fingerprint density at radius 1 is 1.14 bits per heavy atom. The van der Waals surface area contributed by atoms with E-state index in [9.17, 15) is 4.79 Å². The van der Waals surface area contributed by atoms with Gasteiger partial charge in [-0.3, -0.25) is 9.69 Å². The first-order valence-corrected chi connectivity index (χ1v) is 10.6. The summed E-state index contributed by atoms with van der Waals surface area (Å²) in [6.45, 7) is 5.27. The Hall–Kier alpha value is -2.24. The molecule has 0 aromatic heterocycles. The first-order chi connectivity index (χ1) is 14.0. The van der Waals surface area contributed by atoms with Gasteiger partial charge in [0.05, 0.1) is 17.3 Å². The lowest BCUT2D eigenvalue weighted by Gasteiger charge is -2.28. The van der Waals surface area contributed by atoms with Crippen molar-refractivity contribution in [2.24, 2.45) is 0 Å². The van der Waals surface area contributed by atoms with E-state index >= 15 is 0 Å². The molecule has 4 rings (SSSR count). The lowest BCUT2D eigenvalue weighted by Crippen LogP contribution is -2.39. The topological polar surface area (TPSA) is 50.8 Å². The number of anilines is 1. The van der Waals surface area contributed by atoms with E-state index in [-0.39, 0.29) is 12.7 Å². The molecule has 0 saturated heterocycles. The van der Waals surface area contributed by atoms with Crippen molar-refractivity contribution in [3.8, 4) is 11.5 Å². The summed E-state index contributed by atoms with van der Waals surface area (Å²) in [4.78, 5) is 15.2. The molecule has 29 heavy (non-hydrogen) atoms. The van der Waals surface area contributed by atoms with Gasteiger partial charge < -0.3 is 14.8 Å². The number of halogens is 1. The van der Waals surface area contributed by atoms with Crippen LogP contribution in [0, 0.1) is 13.8 Å². The highest BCUT2D eigenvalue weighted by Gasteiger charge is 2.25. The Morgan fingerprint density at radius 3 is 2.66 bits per heavy atom. The first kappa shape index (κ1) is 20.0. The predicted octanol–water partition coefficient (Wildman–Crippen LogP) is 5.07. The summed E-state index contributed by atoms with van der Waals surface area (Å²) in [5, 5.41) is 3.61. The van der Waals surface area contributed by atoms with Crippen molar-refractivity contribution in [1.82, 2.24) is 4.90 Å². The molecule has 2 aliphatic rings. The maximum atomic E-state index is 12.9. The number of amides is 1. The number of ether oxygens (including phenoxy) is 2. The van der Waals surface area contributed by atoms with Crippen molar-refractivity contribution < 1.29 is 14.3 Å². The van der Waals surface area contributed by atoms with Gasteiger partial charge in [0.25, 0.3) is 0 Å². The van der Waals surface area contributed by atoms with Crippen LogP contribution in [-0.4, -0.2) is 30.2 Å². The number of benzene rings is 2. The number of nitrogens with zero attached hydrogens (tertiary/aromatic N) is 1. The Bertz CT molecular complexity index is 886. The molecular formula is C23H27ClN2O3. The van der Waals surface area contributed by atoms with Crippen molar-refractivity contribution in [2.75, 3.05) is 18.7 Å². The number of rotatable bonds is 6. The Balaban J connectivity index is 1.48. The van der Waals surface area contributed by atoms with Gasteiger partial charge in [0.1, 0.15) is 0 Å².